The van der Waals surface area contributed by atoms with Gasteiger partial charge in [-0.25, -0.2) is 0 Å². The minimum atomic E-state index is -0.151. The second-order valence-electron chi connectivity index (χ2n) is 5.01. The second-order valence-corrected chi connectivity index (χ2v) is 5.01. The van der Waals surface area contributed by atoms with Gasteiger partial charge in [0, 0.05) is 23.2 Å². The van der Waals surface area contributed by atoms with E-state index < -0.39 is 0 Å². The fraction of sp³-hybridized carbons (Fsp3) is 0.438. The average molecular weight is 259 g/mol. The number of carbonyl (C=O) groups is 1. The van der Waals surface area contributed by atoms with Gasteiger partial charge < -0.3 is 10.1 Å². The zero-order chi connectivity index (χ0) is 13.8. The molecule has 3 heteroatoms. The number of hydrogen-bond acceptors (Lipinski definition) is 3. The molecule has 0 heterocycles. The van der Waals surface area contributed by atoms with Gasteiger partial charge >= 0.3 is 5.97 Å². The fourth-order valence-electron chi connectivity index (χ4n) is 2.48. The Kier molecular flexibility index (Phi) is 4.25. The molecule has 19 heavy (non-hydrogen) atoms. The lowest BCUT2D eigenvalue weighted by Gasteiger charge is -2.16. The van der Waals surface area contributed by atoms with Crippen LogP contribution in [0.2, 0.25) is 0 Å². The Bertz CT molecular complexity index is 493. The molecular weight excluding hydrogens is 238 g/mol. The highest BCUT2D eigenvalue weighted by atomic mass is 16.5. The number of ether oxygens (including phenoxy) is 1. The Morgan fingerprint density at radius 2 is 2.16 bits per heavy atom. The maximum Gasteiger partial charge on any atom is 0.307 e. The summed E-state index contributed by atoms with van der Waals surface area (Å²) in [6.07, 6.45) is 2.61. The van der Waals surface area contributed by atoms with Crippen molar-refractivity contribution in [3.63, 3.8) is 0 Å². The molecule has 0 aromatic heterocycles. The topological polar surface area (TPSA) is 38.3 Å². The lowest BCUT2D eigenvalue weighted by Crippen LogP contribution is -2.27. The monoisotopic (exact) mass is 259 g/mol. The SMILES string of the molecule is CCOC(=O)CC(C)NC1=C[C@H](C)c2ccccc21. The maximum atomic E-state index is 11.5. The van der Waals surface area contributed by atoms with Crippen LogP contribution >= 0.6 is 0 Å². The highest BCUT2D eigenvalue weighted by Crippen LogP contribution is 2.34. The maximum absolute atomic E-state index is 11.5. The number of rotatable bonds is 5. The van der Waals surface area contributed by atoms with E-state index in [0.717, 1.165) is 5.70 Å². The molecule has 102 valence electrons. The van der Waals surface area contributed by atoms with Gasteiger partial charge in [0.05, 0.1) is 13.0 Å². The number of nitrogens with one attached hydrogen (secondary N) is 1. The quantitative estimate of drug-likeness (QED) is 0.826. The van der Waals surface area contributed by atoms with Crippen LogP contribution in [0.1, 0.15) is 44.2 Å². The minimum absolute atomic E-state index is 0.0728. The van der Waals surface area contributed by atoms with Crippen LogP contribution in [0, 0.1) is 0 Å². The van der Waals surface area contributed by atoms with Crippen molar-refractivity contribution in [2.75, 3.05) is 6.61 Å². The third-order valence-corrected chi connectivity index (χ3v) is 3.34. The first kappa shape index (κ1) is 13.7. The van der Waals surface area contributed by atoms with Gasteiger partial charge in [-0.15, -0.1) is 0 Å². The lowest BCUT2D eigenvalue weighted by molar-refractivity contribution is -0.143. The van der Waals surface area contributed by atoms with Crippen LogP contribution in [0.25, 0.3) is 5.70 Å². The van der Waals surface area contributed by atoms with Crippen molar-refractivity contribution in [3.8, 4) is 0 Å². The van der Waals surface area contributed by atoms with Crippen LogP contribution < -0.4 is 5.32 Å². The van der Waals surface area contributed by atoms with E-state index in [4.69, 9.17) is 4.74 Å². The molecule has 2 atom stereocenters. The molecule has 0 saturated carbocycles. The number of carbonyl (C=O) groups excluding carboxylic acids is 1. The van der Waals surface area contributed by atoms with Gasteiger partial charge in [0.2, 0.25) is 0 Å². The third-order valence-electron chi connectivity index (χ3n) is 3.34. The van der Waals surface area contributed by atoms with Crippen LogP contribution in [0.15, 0.2) is 30.3 Å². The van der Waals surface area contributed by atoms with Crippen molar-refractivity contribution < 1.29 is 9.53 Å². The van der Waals surface area contributed by atoms with Crippen LogP contribution in [0.4, 0.5) is 0 Å². The summed E-state index contributed by atoms with van der Waals surface area (Å²) in [6, 6.07) is 8.45. The van der Waals surface area contributed by atoms with Gasteiger partial charge in [-0.2, -0.15) is 0 Å². The predicted octanol–water partition coefficient (Wildman–Crippen LogP) is 3.08. The van der Waals surface area contributed by atoms with E-state index in [1.165, 1.54) is 11.1 Å². The minimum Gasteiger partial charge on any atom is -0.466 e. The molecule has 0 fully saturated rings. The van der Waals surface area contributed by atoms with Crippen molar-refractivity contribution in [3.05, 3.63) is 41.5 Å². The van der Waals surface area contributed by atoms with E-state index >= 15 is 0 Å². The Hall–Kier alpha value is -1.77. The van der Waals surface area contributed by atoms with E-state index in [2.05, 4.69) is 36.5 Å². The van der Waals surface area contributed by atoms with Crippen molar-refractivity contribution in [2.45, 2.75) is 39.2 Å². The van der Waals surface area contributed by atoms with Gasteiger partial charge in [-0.3, -0.25) is 4.79 Å². The summed E-state index contributed by atoms with van der Waals surface area (Å²) >= 11 is 0. The van der Waals surface area contributed by atoms with Crippen molar-refractivity contribution in [2.24, 2.45) is 0 Å². The normalized spacial score (nSPS) is 18.5. The number of allylic oxidation sites excluding steroid dienone is 1. The molecule has 1 N–H and O–H groups in total. The molecule has 1 aromatic rings. The molecule has 0 spiro atoms. The lowest BCUT2D eigenvalue weighted by atomic mass is 10.0. The van der Waals surface area contributed by atoms with Gasteiger partial charge in [-0.1, -0.05) is 37.3 Å². The summed E-state index contributed by atoms with van der Waals surface area (Å²) in [5, 5.41) is 3.42. The molecule has 0 aliphatic heterocycles. The molecule has 0 radical (unpaired) electrons. The third kappa shape index (κ3) is 3.16. The first-order valence-electron chi connectivity index (χ1n) is 6.85. The summed E-state index contributed by atoms with van der Waals surface area (Å²) in [6.45, 7) is 6.45. The summed E-state index contributed by atoms with van der Waals surface area (Å²) < 4.78 is 4.97. The number of esters is 1. The van der Waals surface area contributed by atoms with Gasteiger partial charge in [0.1, 0.15) is 0 Å². The van der Waals surface area contributed by atoms with Crippen LogP contribution in [-0.4, -0.2) is 18.6 Å². The molecular formula is C16H21NO2. The van der Waals surface area contributed by atoms with E-state index in [1.807, 2.05) is 19.9 Å². The Balaban J connectivity index is 2.01. The number of fused-ring (bicyclic) bond motifs is 1. The molecule has 0 amide bonds. The molecule has 0 bridgehead atoms. The second kappa shape index (κ2) is 5.91. The van der Waals surface area contributed by atoms with Gasteiger partial charge in [0.15, 0.2) is 0 Å². The first-order valence-corrected chi connectivity index (χ1v) is 6.85. The van der Waals surface area contributed by atoms with E-state index in [1.54, 1.807) is 0 Å². The highest BCUT2D eigenvalue weighted by Gasteiger charge is 2.21. The predicted molar refractivity (Wildman–Crippen MR) is 76.7 cm³/mol. The first-order chi connectivity index (χ1) is 9.11. The zero-order valence-corrected chi connectivity index (χ0v) is 11.8. The van der Waals surface area contributed by atoms with Gasteiger partial charge in [-0.05, 0) is 19.4 Å². The zero-order valence-electron chi connectivity index (χ0n) is 11.8. The number of hydrogen-bond donors (Lipinski definition) is 1. The van der Waals surface area contributed by atoms with Crippen LogP contribution in [0.5, 0.6) is 0 Å². The molecule has 3 nitrogen and oxygen atoms in total. The van der Waals surface area contributed by atoms with E-state index in [0.29, 0.717) is 18.9 Å². The highest BCUT2D eigenvalue weighted by molar-refractivity contribution is 5.74. The van der Waals surface area contributed by atoms with Crippen molar-refractivity contribution in [1.29, 1.82) is 0 Å². The molecule has 1 aliphatic carbocycles. The standard InChI is InChI=1S/C16H21NO2/c1-4-19-16(18)10-12(3)17-15-9-11(2)13-7-5-6-8-14(13)15/h5-9,11-12,17H,4,10H2,1-3H3/t11-,12?/m0/s1. The smallest absolute Gasteiger partial charge is 0.307 e. The number of benzene rings is 1. The van der Waals surface area contributed by atoms with Crippen LogP contribution in [-0.2, 0) is 9.53 Å². The summed E-state index contributed by atoms with van der Waals surface area (Å²) in [4.78, 5) is 11.5. The summed E-state index contributed by atoms with van der Waals surface area (Å²) in [5.41, 5.74) is 3.71. The summed E-state index contributed by atoms with van der Waals surface area (Å²) in [7, 11) is 0. The average Bonchev–Trinajstić information content (AvgIpc) is 2.67. The van der Waals surface area contributed by atoms with E-state index in [-0.39, 0.29) is 12.0 Å². The van der Waals surface area contributed by atoms with Gasteiger partial charge in [0.25, 0.3) is 0 Å². The fourth-order valence-corrected chi connectivity index (χ4v) is 2.48. The largest absolute Gasteiger partial charge is 0.466 e. The van der Waals surface area contributed by atoms with Crippen molar-refractivity contribution >= 4 is 11.7 Å². The Morgan fingerprint density at radius 3 is 2.89 bits per heavy atom. The van der Waals surface area contributed by atoms with Crippen LogP contribution in [0.3, 0.4) is 0 Å². The molecule has 2 rings (SSSR count). The Morgan fingerprint density at radius 1 is 1.42 bits per heavy atom. The van der Waals surface area contributed by atoms with Crippen molar-refractivity contribution in [1.82, 2.24) is 5.32 Å². The molecule has 0 saturated heterocycles. The van der Waals surface area contributed by atoms with E-state index in [9.17, 15) is 4.79 Å². The molecule has 1 aliphatic rings. The molecule has 1 aromatic carbocycles. The molecule has 1 unspecified atom stereocenters. The summed E-state index contributed by atoms with van der Waals surface area (Å²) in [5.74, 6) is 0.274. The Labute approximate surface area is 114 Å².